The van der Waals surface area contributed by atoms with Gasteiger partial charge in [0.2, 0.25) is 5.91 Å². The Labute approximate surface area is 82.3 Å². The number of carboxylic acids is 1. The Morgan fingerprint density at radius 3 is 2.71 bits per heavy atom. The van der Waals surface area contributed by atoms with Gasteiger partial charge in [-0.3, -0.25) is 14.6 Å². The lowest BCUT2D eigenvalue weighted by atomic mass is 9.92. The molecule has 1 aliphatic heterocycles. The van der Waals surface area contributed by atoms with Crippen molar-refractivity contribution >= 4 is 11.9 Å². The third-order valence-electron chi connectivity index (χ3n) is 2.88. The first-order valence-electron chi connectivity index (χ1n) is 4.97. The highest BCUT2D eigenvalue weighted by Crippen LogP contribution is 2.29. The Morgan fingerprint density at radius 1 is 1.50 bits per heavy atom. The summed E-state index contributed by atoms with van der Waals surface area (Å²) < 4.78 is 0. The first-order valence-corrected chi connectivity index (χ1v) is 4.97. The van der Waals surface area contributed by atoms with E-state index in [0.717, 1.165) is 19.3 Å². The predicted molar refractivity (Wildman–Crippen MR) is 48.3 cm³/mol. The van der Waals surface area contributed by atoms with Gasteiger partial charge in [0, 0.05) is 19.0 Å². The molecule has 0 aromatic heterocycles. The molecule has 0 unspecified atom stereocenters. The average molecular weight is 198 g/mol. The Balaban J connectivity index is 2.01. The Bertz CT molecular complexity index is 263. The fourth-order valence-electron chi connectivity index (χ4n) is 1.98. The fraction of sp³-hybridized carbons (Fsp3) is 0.778. The maximum atomic E-state index is 11.5. The number of carboxylic acid groups (broad SMARTS) is 1. The molecule has 1 N–H and O–H groups in total. The highest BCUT2D eigenvalue weighted by molar-refractivity contribution is 5.79. The minimum absolute atomic E-state index is 0.0533. The maximum absolute atomic E-state index is 11.5. The van der Waals surface area contributed by atoms with E-state index in [1.54, 1.807) is 10.0 Å². The largest absolute Gasteiger partial charge is 0.480 e. The maximum Gasteiger partial charge on any atom is 0.319 e. The normalized spacial score (nSPS) is 24.0. The zero-order chi connectivity index (χ0) is 10.1. The quantitative estimate of drug-likeness (QED) is 0.697. The summed E-state index contributed by atoms with van der Waals surface area (Å²) in [4.78, 5) is 22.0. The van der Waals surface area contributed by atoms with Crippen LogP contribution in [0.2, 0.25) is 0 Å². The molecule has 5 heteroatoms. The molecule has 0 aromatic carbocycles. The number of hydrogen-bond donors (Lipinski definition) is 1. The summed E-state index contributed by atoms with van der Waals surface area (Å²) in [5.74, 6) is -0.792. The highest BCUT2D eigenvalue weighted by atomic mass is 16.4. The van der Waals surface area contributed by atoms with Crippen molar-refractivity contribution in [3.63, 3.8) is 0 Å². The molecule has 14 heavy (non-hydrogen) atoms. The molecular weight excluding hydrogens is 184 g/mol. The smallest absolute Gasteiger partial charge is 0.319 e. The molecule has 1 heterocycles. The van der Waals surface area contributed by atoms with Crippen molar-refractivity contribution in [2.24, 2.45) is 0 Å². The predicted octanol–water partition coefficient (Wildman–Crippen LogP) is 0.0728. The third kappa shape index (κ3) is 1.59. The lowest BCUT2D eigenvalue weighted by Gasteiger charge is -2.39. The second-order valence-electron chi connectivity index (χ2n) is 3.85. The molecule has 1 saturated carbocycles. The summed E-state index contributed by atoms with van der Waals surface area (Å²) in [6.45, 7) is 0.504. The van der Waals surface area contributed by atoms with Crippen molar-refractivity contribution in [3.8, 4) is 0 Å². The molecule has 2 aliphatic rings. The van der Waals surface area contributed by atoms with E-state index in [1.165, 1.54) is 0 Å². The lowest BCUT2D eigenvalue weighted by Crippen LogP contribution is -2.50. The molecule has 0 spiro atoms. The van der Waals surface area contributed by atoms with Gasteiger partial charge in [-0.05, 0) is 19.3 Å². The Kier molecular flexibility index (Phi) is 2.41. The van der Waals surface area contributed by atoms with Crippen LogP contribution in [0.3, 0.4) is 0 Å². The minimum atomic E-state index is -0.871. The fourth-order valence-corrected chi connectivity index (χ4v) is 1.98. The number of nitrogens with zero attached hydrogens (tertiary/aromatic N) is 2. The van der Waals surface area contributed by atoms with Gasteiger partial charge < -0.3 is 5.11 Å². The Hall–Kier alpha value is -1.10. The van der Waals surface area contributed by atoms with Gasteiger partial charge in [-0.25, -0.2) is 5.01 Å². The number of carbonyl (C=O) groups is 2. The van der Waals surface area contributed by atoms with Crippen LogP contribution in [0.1, 0.15) is 25.7 Å². The van der Waals surface area contributed by atoms with E-state index in [2.05, 4.69) is 0 Å². The molecule has 0 aromatic rings. The Morgan fingerprint density at radius 2 is 2.21 bits per heavy atom. The number of hydrogen-bond acceptors (Lipinski definition) is 3. The van der Waals surface area contributed by atoms with E-state index in [0.29, 0.717) is 13.0 Å². The summed E-state index contributed by atoms with van der Waals surface area (Å²) in [7, 11) is 0. The van der Waals surface area contributed by atoms with E-state index in [-0.39, 0.29) is 18.5 Å². The number of amides is 1. The first-order chi connectivity index (χ1) is 6.68. The monoisotopic (exact) mass is 198 g/mol. The molecular formula is C9H14N2O3. The van der Waals surface area contributed by atoms with Crippen LogP contribution in [0.5, 0.6) is 0 Å². The zero-order valence-corrected chi connectivity index (χ0v) is 7.98. The number of hydrazine groups is 1. The van der Waals surface area contributed by atoms with Crippen molar-refractivity contribution in [3.05, 3.63) is 0 Å². The molecule has 0 radical (unpaired) electrons. The van der Waals surface area contributed by atoms with Gasteiger partial charge >= 0.3 is 5.97 Å². The van der Waals surface area contributed by atoms with Gasteiger partial charge in [-0.2, -0.15) is 0 Å². The topological polar surface area (TPSA) is 60.9 Å². The summed E-state index contributed by atoms with van der Waals surface area (Å²) in [5, 5.41) is 12.0. The third-order valence-corrected chi connectivity index (χ3v) is 2.88. The SMILES string of the molecule is O=C(O)CN1CCC(=O)N1C1CCC1. The molecule has 5 nitrogen and oxygen atoms in total. The van der Waals surface area contributed by atoms with Crippen molar-refractivity contribution in [1.29, 1.82) is 0 Å². The first kappa shape index (κ1) is 9.45. The van der Waals surface area contributed by atoms with Crippen molar-refractivity contribution < 1.29 is 14.7 Å². The molecule has 0 atom stereocenters. The van der Waals surface area contributed by atoms with E-state index in [4.69, 9.17) is 5.11 Å². The average Bonchev–Trinajstić information content (AvgIpc) is 2.32. The van der Waals surface area contributed by atoms with Crippen LogP contribution in [0.15, 0.2) is 0 Å². The van der Waals surface area contributed by atoms with Gasteiger partial charge in [-0.15, -0.1) is 0 Å². The molecule has 78 valence electrons. The molecule has 2 fully saturated rings. The summed E-state index contributed by atoms with van der Waals surface area (Å²) in [5.41, 5.74) is 0. The molecule has 1 aliphatic carbocycles. The van der Waals surface area contributed by atoms with E-state index in [1.807, 2.05) is 0 Å². The van der Waals surface area contributed by atoms with E-state index >= 15 is 0 Å². The second kappa shape index (κ2) is 3.57. The molecule has 1 amide bonds. The molecule has 0 bridgehead atoms. The van der Waals surface area contributed by atoms with Crippen molar-refractivity contribution in [1.82, 2.24) is 10.0 Å². The van der Waals surface area contributed by atoms with Crippen LogP contribution in [0.4, 0.5) is 0 Å². The lowest BCUT2D eigenvalue weighted by molar-refractivity contribution is -0.154. The number of carbonyl (C=O) groups excluding carboxylic acids is 1. The second-order valence-corrected chi connectivity index (χ2v) is 3.85. The van der Waals surface area contributed by atoms with E-state index < -0.39 is 5.97 Å². The summed E-state index contributed by atoms with van der Waals surface area (Å²) in [6.07, 6.45) is 3.64. The van der Waals surface area contributed by atoms with Gasteiger partial charge in [-0.1, -0.05) is 0 Å². The van der Waals surface area contributed by atoms with Crippen LogP contribution in [-0.2, 0) is 9.59 Å². The van der Waals surface area contributed by atoms with Crippen molar-refractivity contribution in [2.75, 3.05) is 13.1 Å². The number of aliphatic carboxylic acids is 1. The van der Waals surface area contributed by atoms with Crippen LogP contribution in [-0.4, -0.2) is 46.1 Å². The van der Waals surface area contributed by atoms with Gasteiger partial charge in [0.25, 0.3) is 0 Å². The van der Waals surface area contributed by atoms with E-state index in [9.17, 15) is 9.59 Å². The summed E-state index contributed by atoms with van der Waals surface area (Å²) >= 11 is 0. The summed E-state index contributed by atoms with van der Waals surface area (Å²) in [6, 6.07) is 0.268. The highest BCUT2D eigenvalue weighted by Gasteiger charge is 2.37. The van der Waals surface area contributed by atoms with Gasteiger partial charge in [0.15, 0.2) is 0 Å². The van der Waals surface area contributed by atoms with Crippen molar-refractivity contribution in [2.45, 2.75) is 31.7 Å². The zero-order valence-electron chi connectivity index (χ0n) is 7.98. The van der Waals surface area contributed by atoms with Gasteiger partial charge in [0.1, 0.15) is 6.54 Å². The molecule has 2 rings (SSSR count). The standard InChI is InChI=1S/C9H14N2O3/c12-8-4-5-10(6-9(13)14)11(8)7-2-1-3-7/h7H,1-6H2,(H,13,14). The minimum Gasteiger partial charge on any atom is -0.480 e. The molecule has 1 saturated heterocycles. The van der Waals surface area contributed by atoms with Gasteiger partial charge in [0.05, 0.1) is 0 Å². The van der Waals surface area contributed by atoms with Crippen LogP contribution < -0.4 is 0 Å². The van der Waals surface area contributed by atoms with Crippen LogP contribution in [0.25, 0.3) is 0 Å². The number of rotatable bonds is 3. The van der Waals surface area contributed by atoms with Crippen LogP contribution in [0, 0.1) is 0 Å². The van der Waals surface area contributed by atoms with Crippen LogP contribution >= 0.6 is 0 Å².